The van der Waals surface area contributed by atoms with Crippen molar-refractivity contribution in [3.8, 4) is 0 Å². The normalized spacial score (nSPS) is 22.5. The lowest BCUT2D eigenvalue weighted by Gasteiger charge is -2.56. The Morgan fingerprint density at radius 1 is 1.12 bits per heavy atom. The monoisotopic (exact) mass is 336 g/mol. The van der Waals surface area contributed by atoms with Crippen molar-refractivity contribution in [2.75, 3.05) is 0 Å². The quantitative estimate of drug-likeness (QED) is 0.573. The first-order valence-electron chi connectivity index (χ1n) is 8.13. The molecule has 1 atom stereocenters. The number of carbonyl (C=O) groups excluding carboxylic acids is 1. The minimum atomic E-state index is -0.741. The van der Waals surface area contributed by atoms with E-state index in [2.05, 4.69) is 56.8 Å². The van der Waals surface area contributed by atoms with Crippen LogP contribution in [0.2, 0.25) is 0 Å². The maximum Gasteiger partial charge on any atom is 0.334 e. The molecule has 0 saturated carbocycles. The molecule has 0 unspecified atom stereocenters. The van der Waals surface area contributed by atoms with Gasteiger partial charge in [0.25, 0.3) is 0 Å². The summed E-state index contributed by atoms with van der Waals surface area (Å²) < 4.78 is 6.21. The van der Waals surface area contributed by atoms with Gasteiger partial charge in [0.05, 0.1) is 0 Å². The van der Waals surface area contributed by atoms with E-state index in [4.69, 9.17) is 4.74 Å². The highest BCUT2D eigenvalue weighted by atomic mass is 32.2. The third kappa shape index (κ3) is 1.76. The smallest absolute Gasteiger partial charge is 0.334 e. The first-order chi connectivity index (χ1) is 11.4. The number of benzene rings is 2. The van der Waals surface area contributed by atoms with Crippen LogP contribution in [0.4, 0.5) is 0 Å². The largest absolute Gasteiger partial charge is 0.445 e. The summed E-state index contributed by atoms with van der Waals surface area (Å²) in [5.74, 6) is 0.556. The third-order valence-electron chi connectivity index (χ3n) is 5.31. The molecule has 2 aromatic rings. The molecule has 122 valence electrons. The fourth-order valence-corrected chi connectivity index (χ4v) is 5.19. The lowest BCUT2D eigenvalue weighted by Crippen LogP contribution is -2.58. The van der Waals surface area contributed by atoms with Gasteiger partial charge in [0.1, 0.15) is 0 Å². The number of rotatable bonds is 2. The standard InChI is InChI=1S/C21H20O2S/c1-13(2)19(22)23-21-15-9-6-5-8-14(15)12-24-17-11-7-10-16(18(17)21)20(21,3)4/h5-11H,1,12H2,2-4H3/t21-/m0/s1. The molecule has 0 bridgehead atoms. The zero-order valence-electron chi connectivity index (χ0n) is 14.2. The summed E-state index contributed by atoms with van der Waals surface area (Å²) in [4.78, 5) is 13.7. The Morgan fingerprint density at radius 3 is 2.58 bits per heavy atom. The fourth-order valence-electron chi connectivity index (χ4n) is 4.05. The number of esters is 1. The van der Waals surface area contributed by atoms with E-state index >= 15 is 0 Å². The maximum absolute atomic E-state index is 12.5. The Balaban J connectivity index is 2.05. The molecule has 24 heavy (non-hydrogen) atoms. The van der Waals surface area contributed by atoms with Crippen molar-refractivity contribution in [2.24, 2.45) is 0 Å². The molecule has 0 amide bonds. The molecule has 0 fully saturated rings. The number of hydrogen-bond donors (Lipinski definition) is 0. The van der Waals surface area contributed by atoms with Crippen molar-refractivity contribution >= 4 is 17.7 Å². The summed E-state index contributed by atoms with van der Waals surface area (Å²) in [6.45, 7) is 9.81. The van der Waals surface area contributed by atoms with Crippen molar-refractivity contribution < 1.29 is 9.53 Å². The van der Waals surface area contributed by atoms with Gasteiger partial charge < -0.3 is 4.74 Å². The molecule has 2 aliphatic rings. The fraction of sp³-hybridized carbons (Fsp3) is 0.286. The lowest BCUT2D eigenvalue weighted by atomic mass is 9.52. The number of hydrogen-bond acceptors (Lipinski definition) is 3. The van der Waals surface area contributed by atoms with E-state index in [9.17, 15) is 4.79 Å². The van der Waals surface area contributed by atoms with E-state index < -0.39 is 5.60 Å². The molecule has 0 spiro atoms. The molecule has 0 aromatic heterocycles. The van der Waals surface area contributed by atoms with E-state index in [1.807, 2.05) is 17.8 Å². The van der Waals surface area contributed by atoms with Crippen molar-refractivity contribution in [1.29, 1.82) is 0 Å². The van der Waals surface area contributed by atoms with E-state index in [1.54, 1.807) is 6.92 Å². The minimum absolute atomic E-state index is 0.287. The molecule has 3 heteroatoms. The van der Waals surface area contributed by atoms with Crippen LogP contribution in [-0.4, -0.2) is 5.97 Å². The average Bonchev–Trinajstić information content (AvgIpc) is 2.70. The average molecular weight is 336 g/mol. The molecule has 0 N–H and O–H groups in total. The van der Waals surface area contributed by atoms with Gasteiger partial charge in [0.2, 0.25) is 0 Å². The van der Waals surface area contributed by atoms with Crippen LogP contribution in [0.5, 0.6) is 0 Å². The van der Waals surface area contributed by atoms with E-state index in [0.717, 1.165) is 16.9 Å². The Morgan fingerprint density at radius 2 is 1.83 bits per heavy atom. The van der Waals surface area contributed by atoms with Crippen LogP contribution < -0.4 is 0 Å². The van der Waals surface area contributed by atoms with Gasteiger partial charge in [0, 0.05) is 32.8 Å². The first kappa shape index (κ1) is 15.5. The van der Waals surface area contributed by atoms with Gasteiger partial charge in [-0.25, -0.2) is 4.79 Å². The Hall–Kier alpha value is -2.00. The van der Waals surface area contributed by atoms with E-state index in [0.29, 0.717) is 5.57 Å². The summed E-state index contributed by atoms with van der Waals surface area (Å²) in [5, 5.41) is 0. The van der Waals surface area contributed by atoms with Crippen LogP contribution >= 0.6 is 11.8 Å². The summed E-state index contributed by atoms with van der Waals surface area (Å²) in [6, 6.07) is 14.7. The van der Waals surface area contributed by atoms with Gasteiger partial charge in [-0.3, -0.25) is 0 Å². The van der Waals surface area contributed by atoms with Gasteiger partial charge in [0.15, 0.2) is 5.60 Å². The number of carbonyl (C=O) groups is 1. The molecule has 1 heterocycles. The summed E-state index contributed by atoms with van der Waals surface area (Å²) >= 11 is 1.82. The van der Waals surface area contributed by atoms with Crippen LogP contribution in [0.25, 0.3) is 0 Å². The zero-order chi connectivity index (χ0) is 17.1. The second-order valence-corrected chi connectivity index (χ2v) is 8.12. The Kier molecular flexibility index (Phi) is 3.23. The highest BCUT2D eigenvalue weighted by molar-refractivity contribution is 7.98. The van der Waals surface area contributed by atoms with Gasteiger partial charge in [-0.1, -0.05) is 56.8 Å². The van der Waals surface area contributed by atoms with Gasteiger partial charge in [-0.05, 0) is 24.1 Å². The SMILES string of the molecule is C=C(C)C(=O)O[C@@]12c3ccccc3CSc3cccc(c31)C2(C)C. The molecule has 2 nitrogen and oxygen atoms in total. The van der Waals surface area contributed by atoms with Crippen molar-refractivity contribution in [2.45, 2.75) is 42.4 Å². The van der Waals surface area contributed by atoms with E-state index in [-0.39, 0.29) is 11.4 Å². The highest BCUT2D eigenvalue weighted by Gasteiger charge is 2.64. The van der Waals surface area contributed by atoms with Crippen LogP contribution in [0.15, 0.2) is 59.5 Å². The molecule has 1 aliphatic carbocycles. The maximum atomic E-state index is 12.5. The zero-order valence-corrected chi connectivity index (χ0v) is 15.0. The van der Waals surface area contributed by atoms with Crippen molar-refractivity contribution in [3.63, 3.8) is 0 Å². The number of ether oxygens (including phenoxy) is 1. The molecule has 4 rings (SSSR count). The van der Waals surface area contributed by atoms with Gasteiger partial charge in [-0.15, -0.1) is 11.8 Å². The minimum Gasteiger partial charge on any atom is -0.445 e. The van der Waals surface area contributed by atoms with Crippen LogP contribution in [-0.2, 0) is 26.3 Å². The Labute approximate surface area is 146 Å². The molecule has 2 aromatic carbocycles. The predicted molar refractivity (Wildman–Crippen MR) is 97.2 cm³/mol. The first-order valence-corrected chi connectivity index (χ1v) is 9.12. The molecular weight excluding hydrogens is 316 g/mol. The summed E-state index contributed by atoms with van der Waals surface area (Å²) in [6.07, 6.45) is 0. The van der Waals surface area contributed by atoms with Crippen molar-refractivity contribution in [3.05, 3.63) is 76.9 Å². The number of fused-ring (bicyclic) bond motifs is 2. The van der Waals surface area contributed by atoms with Crippen LogP contribution in [0, 0.1) is 0 Å². The Bertz CT molecular complexity index is 881. The van der Waals surface area contributed by atoms with Gasteiger partial charge >= 0.3 is 5.97 Å². The topological polar surface area (TPSA) is 26.3 Å². The molecule has 0 radical (unpaired) electrons. The molecular formula is C21H20O2S. The molecule has 0 saturated heterocycles. The highest BCUT2D eigenvalue weighted by Crippen LogP contribution is 2.64. The molecule has 1 aliphatic heterocycles. The second-order valence-electron chi connectivity index (χ2n) is 7.10. The van der Waals surface area contributed by atoms with Gasteiger partial charge in [-0.2, -0.15) is 0 Å². The summed E-state index contributed by atoms with van der Waals surface area (Å²) in [7, 11) is 0. The van der Waals surface area contributed by atoms with Crippen LogP contribution in [0.3, 0.4) is 0 Å². The van der Waals surface area contributed by atoms with Crippen LogP contribution in [0.1, 0.15) is 43.0 Å². The predicted octanol–water partition coefficient (Wildman–Crippen LogP) is 4.95. The second kappa shape index (κ2) is 5.00. The summed E-state index contributed by atoms with van der Waals surface area (Å²) in [5.41, 5.74) is 4.15. The lowest BCUT2D eigenvalue weighted by molar-refractivity contribution is -0.163. The number of thioether (sulfide) groups is 1. The van der Waals surface area contributed by atoms with Crippen molar-refractivity contribution in [1.82, 2.24) is 0 Å². The van der Waals surface area contributed by atoms with E-state index in [1.165, 1.54) is 16.0 Å². The third-order valence-corrected chi connectivity index (χ3v) is 6.41.